The lowest BCUT2D eigenvalue weighted by Gasteiger charge is -2.15. The van der Waals surface area contributed by atoms with E-state index in [-0.39, 0.29) is 5.92 Å². The molecule has 0 saturated heterocycles. The molecule has 16 heavy (non-hydrogen) atoms. The van der Waals surface area contributed by atoms with Crippen LogP contribution in [0.5, 0.6) is 5.88 Å². The Labute approximate surface area is 93.5 Å². The largest absolute Gasteiger partial charge is 0.481 e. The third kappa shape index (κ3) is 2.42. The van der Waals surface area contributed by atoms with Crippen LogP contribution in [0.25, 0.3) is 0 Å². The number of methoxy groups -OCH3 is 1. The van der Waals surface area contributed by atoms with Crippen LogP contribution < -0.4 is 10.1 Å². The van der Waals surface area contributed by atoms with Crippen molar-refractivity contribution in [3.63, 3.8) is 0 Å². The molecule has 2 rings (SSSR count). The Morgan fingerprint density at radius 3 is 3.00 bits per heavy atom. The minimum Gasteiger partial charge on any atom is -0.481 e. The lowest BCUT2D eigenvalue weighted by molar-refractivity contribution is -0.138. The molecule has 1 aliphatic carbocycles. The van der Waals surface area contributed by atoms with Gasteiger partial charge in [0.05, 0.1) is 7.11 Å². The van der Waals surface area contributed by atoms with Gasteiger partial charge in [0, 0.05) is 18.0 Å². The summed E-state index contributed by atoms with van der Waals surface area (Å²) in [7, 11) is 1.53. The Hall–Kier alpha value is -1.78. The van der Waals surface area contributed by atoms with Gasteiger partial charge in [-0.1, -0.05) is 0 Å². The van der Waals surface area contributed by atoms with Crippen molar-refractivity contribution < 1.29 is 14.6 Å². The Bertz CT molecular complexity index is 391. The summed E-state index contributed by atoms with van der Waals surface area (Å²) in [6.07, 6.45) is 3.55. The van der Waals surface area contributed by atoms with E-state index in [0.717, 1.165) is 18.5 Å². The average molecular weight is 222 g/mol. The van der Waals surface area contributed by atoms with Crippen molar-refractivity contribution >= 4 is 11.7 Å². The maximum Gasteiger partial charge on any atom is 0.326 e. The van der Waals surface area contributed by atoms with E-state index in [0.29, 0.717) is 5.88 Å². The number of aliphatic carboxylic acids is 1. The normalized spacial score (nSPS) is 16.6. The minimum atomic E-state index is -0.807. The van der Waals surface area contributed by atoms with E-state index in [4.69, 9.17) is 9.84 Å². The number of hydrogen-bond donors (Lipinski definition) is 2. The van der Waals surface area contributed by atoms with Gasteiger partial charge in [0.2, 0.25) is 5.88 Å². The number of pyridine rings is 1. The van der Waals surface area contributed by atoms with Crippen LogP contribution >= 0.6 is 0 Å². The molecule has 5 nitrogen and oxygen atoms in total. The second-order valence-corrected chi connectivity index (χ2v) is 3.88. The van der Waals surface area contributed by atoms with Gasteiger partial charge in [-0.25, -0.2) is 9.78 Å². The molecule has 0 aliphatic heterocycles. The predicted octanol–water partition coefficient (Wildman–Crippen LogP) is 1.37. The Morgan fingerprint density at radius 2 is 2.44 bits per heavy atom. The van der Waals surface area contributed by atoms with Gasteiger partial charge < -0.3 is 15.2 Å². The van der Waals surface area contributed by atoms with Crippen LogP contribution in [0.3, 0.4) is 0 Å². The topological polar surface area (TPSA) is 71.5 Å². The van der Waals surface area contributed by atoms with Crippen LogP contribution in [0, 0.1) is 5.92 Å². The molecule has 1 aromatic rings. The van der Waals surface area contributed by atoms with Gasteiger partial charge in [-0.15, -0.1) is 0 Å². The molecule has 0 radical (unpaired) electrons. The van der Waals surface area contributed by atoms with Crippen LogP contribution in [0.1, 0.15) is 12.8 Å². The lowest BCUT2D eigenvalue weighted by atomic mass is 10.2. The van der Waals surface area contributed by atoms with E-state index in [9.17, 15) is 4.79 Å². The summed E-state index contributed by atoms with van der Waals surface area (Å²) in [5.74, 6) is -0.0834. The highest BCUT2D eigenvalue weighted by Gasteiger charge is 2.36. The summed E-state index contributed by atoms with van der Waals surface area (Å²) in [4.78, 5) is 15.0. The van der Waals surface area contributed by atoms with E-state index in [1.54, 1.807) is 18.3 Å². The molecule has 1 fully saturated rings. The molecule has 1 saturated carbocycles. The van der Waals surface area contributed by atoms with Crippen molar-refractivity contribution in [2.75, 3.05) is 12.4 Å². The van der Waals surface area contributed by atoms with Crippen molar-refractivity contribution in [2.45, 2.75) is 18.9 Å². The first-order valence-corrected chi connectivity index (χ1v) is 5.20. The molecule has 0 aromatic carbocycles. The highest BCUT2D eigenvalue weighted by Crippen LogP contribution is 2.34. The number of hydrogen-bond acceptors (Lipinski definition) is 4. The fourth-order valence-corrected chi connectivity index (χ4v) is 1.60. The van der Waals surface area contributed by atoms with Crippen molar-refractivity contribution in [3.05, 3.63) is 18.3 Å². The second kappa shape index (κ2) is 4.38. The van der Waals surface area contributed by atoms with Gasteiger partial charge in [0.15, 0.2) is 0 Å². The second-order valence-electron chi connectivity index (χ2n) is 3.88. The first kappa shape index (κ1) is 10.7. The van der Waals surface area contributed by atoms with Gasteiger partial charge in [-0.3, -0.25) is 0 Å². The monoisotopic (exact) mass is 222 g/mol. The van der Waals surface area contributed by atoms with Crippen molar-refractivity contribution in [1.29, 1.82) is 0 Å². The molecule has 1 atom stereocenters. The van der Waals surface area contributed by atoms with Gasteiger partial charge in [0.25, 0.3) is 0 Å². The highest BCUT2D eigenvalue weighted by molar-refractivity contribution is 5.78. The Kier molecular flexibility index (Phi) is 2.94. The third-order valence-corrected chi connectivity index (χ3v) is 2.63. The molecule has 1 aliphatic rings. The lowest BCUT2D eigenvalue weighted by Crippen LogP contribution is -2.31. The molecular weight excluding hydrogens is 208 g/mol. The van der Waals surface area contributed by atoms with E-state index in [2.05, 4.69) is 10.3 Å². The van der Waals surface area contributed by atoms with Gasteiger partial charge in [-0.2, -0.15) is 0 Å². The summed E-state index contributed by atoms with van der Waals surface area (Å²) in [6.45, 7) is 0. The first-order chi connectivity index (χ1) is 7.70. The fraction of sp³-hybridized carbons (Fsp3) is 0.455. The van der Waals surface area contributed by atoms with Crippen LogP contribution in [0.4, 0.5) is 5.69 Å². The SMILES string of the molecule is COc1cc(NC(C(=O)O)C2CC2)ccn1. The minimum absolute atomic E-state index is 0.247. The summed E-state index contributed by atoms with van der Waals surface area (Å²) < 4.78 is 4.97. The average Bonchev–Trinajstić information content (AvgIpc) is 3.10. The van der Waals surface area contributed by atoms with Crippen LogP contribution in [-0.2, 0) is 4.79 Å². The molecule has 1 aromatic heterocycles. The first-order valence-electron chi connectivity index (χ1n) is 5.20. The standard InChI is InChI=1S/C11H14N2O3/c1-16-9-6-8(4-5-12-9)13-10(11(14)15)7-2-3-7/h4-7,10H,2-3H2,1H3,(H,12,13)(H,14,15). The number of ether oxygens (including phenoxy) is 1. The number of rotatable bonds is 5. The van der Waals surface area contributed by atoms with E-state index >= 15 is 0 Å². The molecular formula is C11H14N2O3. The summed E-state index contributed by atoms with van der Waals surface area (Å²) in [6, 6.07) is 2.92. The number of carbonyl (C=O) groups is 1. The van der Waals surface area contributed by atoms with Gasteiger partial charge in [-0.05, 0) is 24.8 Å². The zero-order valence-corrected chi connectivity index (χ0v) is 9.01. The molecule has 0 amide bonds. The van der Waals surface area contributed by atoms with Gasteiger partial charge in [0.1, 0.15) is 6.04 Å². The van der Waals surface area contributed by atoms with E-state index in [1.165, 1.54) is 7.11 Å². The fourth-order valence-electron chi connectivity index (χ4n) is 1.60. The van der Waals surface area contributed by atoms with Crippen LogP contribution in [0.2, 0.25) is 0 Å². The van der Waals surface area contributed by atoms with E-state index in [1.807, 2.05) is 0 Å². The number of carboxylic acid groups (broad SMARTS) is 1. The quantitative estimate of drug-likeness (QED) is 0.787. The molecule has 1 unspecified atom stereocenters. The van der Waals surface area contributed by atoms with E-state index < -0.39 is 12.0 Å². The number of nitrogens with zero attached hydrogens (tertiary/aromatic N) is 1. The number of anilines is 1. The summed E-state index contributed by atoms with van der Waals surface area (Å²) in [5.41, 5.74) is 0.728. The van der Waals surface area contributed by atoms with Crippen LogP contribution in [0.15, 0.2) is 18.3 Å². The number of aromatic nitrogens is 1. The number of carboxylic acids is 1. The summed E-state index contributed by atoms with van der Waals surface area (Å²) in [5, 5.41) is 12.1. The molecule has 0 spiro atoms. The smallest absolute Gasteiger partial charge is 0.326 e. The van der Waals surface area contributed by atoms with Gasteiger partial charge >= 0.3 is 5.97 Å². The zero-order chi connectivity index (χ0) is 11.5. The van der Waals surface area contributed by atoms with Crippen molar-refractivity contribution in [3.8, 4) is 5.88 Å². The molecule has 86 valence electrons. The maximum atomic E-state index is 11.0. The van der Waals surface area contributed by atoms with Crippen molar-refractivity contribution in [1.82, 2.24) is 4.98 Å². The maximum absolute atomic E-state index is 11.0. The third-order valence-electron chi connectivity index (χ3n) is 2.63. The molecule has 2 N–H and O–H groups in total. The van der Waals surface area contributed by atoms with Crippen LogP contribution in [-0.4, -0.2) is 29.2 Å². The zero-order valence-electron chi connectivity index (χ0n) is 9.01. The predicted molar refractivity (Wildman–Crippen MR) is 58.6 cm³/mol. The van der Waals surface area contributed by atoms with Crippen molar-refractivity contribution in [2.24, 2.45) is 5.92 Å². The highest BCUT2D eigenvalue weighted by atomic mass is 16.5. The Morgan fingerprint density at radius 1 is 1.69 bits per heavy atom. The number of nitrogens with one attached hydrogen (secondary N) is 1. The molecule has 5 heteroatoms. The Balaban J connectivity index is 2.08. The molecule has 1 heterocycles. The summed E-state index contributed by atoms with van der Waals surface area (Å²) >= 11 is 0. The molecule has 0 bridgehead atoms.